The lowest BCUT2D eigenvalue weighted by Crippen LogP contribution is -2.54. The second-order valence-corrected chi connectivity index (χ2v) is 17.4. The third-order valence-electron chi connectivity index (χ3n) is 10.6. The number of amides is 3. The second kappa shape index (κ2) is 29.4. The summed E-state index contributed by atoms with van der Waals surface area (Å²) in [5.41, 5.74) is -4.34. The van der Waals surface area contributed by atoms with E-state index in [0.29, 0.717) is 119 Å². The van der Waals surface area contributed by atoms with Crippen LogP contribution in [0.1, 0.15) is 125 Å². The van der Waals surface area contributed by atoms with E-state index >= 15 is 0 Å². The number of ketones is 2. The molecule has 69 heavy (non-hydrogen) atoms. The lowest BCUT2D eigenvalue weighted by Gasteiger charge is -2.15. The first-order valence-electron chi connectivity index (χ1n) is 23.5. The van der Waals surface area contributed by atoms with Crippen LogP contribution >= 0.6 is 0 Å². The lowest BCUT2D eigenvalue weighted by molar-refractivity contribution is 0.0487. The number of aromatic nitrogens is 3. The number of carboxylic acid groups (broad SMARTS) is 1. The zero-order valence-corrected chi connectivity index (χ0v) is 40.3. The first-order chi connectivity index (χ1) is 32.8. The number of carbonyl (C=O) groups excluding carboxylic acids is 4. The predicted molar refractivity (Wildman–Crippen MR) is 254 cm³/mol. The van der Waals surface area contributed by atoms with E-state index in [1.54, 1.807) is 48.5 Å². The monoisotopic (exact) mass is 970 g/mol. The zero-order valence-electron chi connectivity index (χ0n) is 40.3. The minimum atomic E-state index is -1.49. The Morgan fingerprint density at radius 1 is 0.464 bits per heavy atom. The highest BCUT2D eigenvalue weighted by Crippen LogP contribution is 2.18. The highest BCUT2D eigenvalue weighted by Gasteiger charge is 2.26. The fourth-order valence-electron chi connectivity index (χ4n) is 6.88. The van der Waals surface area contributed by atoms with Crippen LogP contribution in [0.4, 0.5) is 14.4 Å². The highest BCUT2D eigenvalue weighted by molar-refractivity contribution is 6.02. The Morgan fingerprint density at radius 2 is 0.768 bits per heavy atom. The molecule has 0 saturated heterocycles. The van der Waals surface area contributed by atoms with Gasteiger partial charge in [-0.15, -0.1) is 0 Å². The van der Waals surface area contributed by atoms with Crippen molar-refractivity contribution in [2.45, 2.75) is 136 Å². The fourth-order valence-corrected chi connectivity index (χ4v) is 6.88. The largest absolute Gasteiger partial charge is 0.490 e. The van der Waals surface area contributed by atoms with Gasteiger partial charge in [-0.25, -0.2) is 42.5 Å². The first kappa shape index (κ1) is 56.8. The summed E-state index contributed by atoms with van der Waals surface area (Å²) in [6.07, 6.45) is 4.89. The van der Waals surface area contributed by atoms with E-state index < -0.39 is 58.1 Å². The molecule has 3 amide bonds. The molecule has 21 heteroatoms. The average molecular weight is 971 g/mol. The molecule has 0 aliphatic carbocycles. The molecule has 0 saturated carbocycles. The Kier molecular flexibility index (Phi) is 24.2. The third-order valence-corrected chi connectivity index (χ3v) is 10.6. The second-order valence-electron chi connectivity index (χ2n) is 17.4. The van der Waals surface area contributed by atoms with E-state index in [9.17, 15) is 48.6 Å². The Morgan fingerprint density at radius 3 is 1.07 bits per heavy atom. The molecule has 3 rings (SSSR count). The number of nitrogens with zero attached hydrogens (tertiary/aromatic N) is 3. The van der Waals surface area contributed by atoms with Gasteiger partial charge in [-0.1, -0.05) is 38.5 Å². The first-order valence-corrected chi connectivity index (χ1v) is 23.5. The van der Waals surface area contributed by atoms with Crippen LogP contribution in [0, 0.1) is 0 Å². The molecule has 0 fully saturated rings. The van der Waals surface area contributed by atoms with Crippen molar-refractivity contribution in [1.82, 2.24) is 29.7 Å². The van der Waals surface area contributed by atoms with Crippen LogP contribution in [0.15, 0.2) is 62.9 Å². The molecule has 0 radical (unpaired) electrons. The average Bonchev–Trinajstić information content (AvgIpc) is 3.30. The molecule has 3 aromatic rings. The number of Topliss-reactive ketones (excluding diaryl/α,β-unsaturated/α-hetero) is 2. The summed E-state index contributed by atoms with van der Waals surface area (Å²) in [4.78, 5) is 99.9. The van der Waals surface area contributed by atoms with Crippen LogP contribution < -0.4 is 42.5 Å². The van der Waals surface area contributed by atoms with Gasteiger partial charge in [0.25, 0.3) is 0 Å². The molecule has 1 heterocycles. The van der Waals surface area contributed by atoms with Crippen LogP contribution in [0.2, 0.25) is 0 Å². The number of hydrogen-bond acceptors (Lipinski definition) is 14. The zero-order chi connectivity index (χ0) is 50.8. The standard InChI is InChI=1S/C48H70N6O15/c1-47(2,64)39(55)35-17-21-37(22-18-35)66-31-33-68-42(59)50-26-12-6-9-15-29-53-44(61)52(28-14-8-5-11-25-49-41(57)58)45(62)54(46(53)63)30-16-10-7-13-27-51-43(60)69-34-32-67-38-23-19-36(20-24-38)40(56)48(3,4)65/h17-24,49,64-65H,5-16,25-34H2,1-4H3,(H,50,59)(H,51,60)(H,57,58). The maximum atomic E-state index is 13.5. The Hall–Kier alpha value is -6.48. The molecule has 0 spiro atoms. The molecule has 0 bridgehead atoms. The van der Waals surface area contributed by atoms with E-state index in [4.69, 9.17) is 24.1 Å². The lowest BCUT2D eigenvalue weighted by atomic mass is 9.97. The van der Waals surface area contributed by atoms with Crippen molar-refractivity contribution in [2.24, 2.45) is 0 Å². The fraction of sp³-hybridized carbons (Fsp3) is 0.583. The Balaban J connectivity index is 1.39. The van der Waals surface area contributed by atoms with Gasteiger partial charge < -0.3 is 50.2 Å². The molecular weight excluding hydrogens is 901 g/mol. The van der Waals surface area contributed by atoms with Crippen molar-refractivity contribution in [3.63, 3.8) is 0 Å². The van der Waals surface area contributed by atoms with Crippen molar-refractivity contribution < 1.29 is 58.2 Å². The number of alkyl carbamates (subject to hydrolysis) is 2. The topological polar surface area (TPSA) is 285 Å². The van der Waals surface area contributed by atoms with Gasteiger partial charge in [0, 0.05) is 50.4 Å². The normalized spacial score (nSPS) is 11.4. The van der Waals surface area contributed by atoms with Crippen LogP contribution in [-0.4, -0.2) is 116 Å². The molecule has 1 aromatic heterocycles. The van der Waals surface area contributed by atoms with E-state index in [0.717, 1.165) is 13.7 Å². The minimum absolute atomic E-state index is 0.0130. The van der Waals surface area contributed by atoms with E-state index in [1.165, 1.54) is 27.7 Å². The van der Waals surface area contributed by atoms with Crippen molar-refractivity contribution >= 4 is 29.8 Å². The van der Waals surface area contributed by atoms with Gasteiger partial charge >= 0.3 is 35.3 Å². The van der Waals surface area contributed by atoms with Crippen LogP contribution in [0.3, 0.4) is 0 Å². The van der Waals surface area contributed by atoms with Crippen molar-refractivity contribution in [1.29, 1.82) is 0 Å². The molecule has 0 aliphatic heterocycles. The SMILES string of the molecule is CC(C)(O)C(=O)c1ccc(OCCOC(=O)NCCCCCCn2c(=O)n(CCCCCCNC(=O)O)c(=O)n(CCCCCCNC(=O)OCCOc3ccc(C(=O)C(C)(C)O)cc3)c2=O)cc1. The van der Waals surface area contributed by atoms with Gasteiger partial charge in [0.2, 0.25) is 0 Å². The summed E-state index contributed by atoms with van der Waals surface area (Å²) in [6.45, 7) is 7.06. The predicted octanol–water partition coefficient (Wildman–Crippen LogP) is 4.64. The Bertz CT molecular complexity index is 2130. The highest BCUT2D eigenvalue weighted by atomic mass is 16.6. The van der Waals surface area contributed by atoms with Gasteiger partial charge in [0.1, 0.15) is 49.1 Å². The van der Waals surface area contributed by atoms with Gasteiger partial charge in [-0.2, -0.15) is 0 Å². The molecule has 0 aliphatic rings. The van der Waals surface area contributed by atoms with Crippen LogP contribution in [0.25, 0.3) is 0 Å². The summed E-state index contributed by atoms with van der Waals surface area (Å²) in [7, 11) is 0. The molecule has 0 unspecified atom stereocenters. The maximum Gasteiger partial charge on any atom is 0.407 e. The molecule has 21 nitrogen and oxygen atoms in total. The van der Waals surface area contributed by atoms with Gasteiger partial charge in [-0.05, 0) is 115 Å². The molecule has 382 valence electrons. The minimum Gasteiger partial charge on any atom is -0.490 e. The number of carbonyl (C=O) groups is 5. The van der Waals surface area contributed by atoms with E-state index in [1.807, 2.05) is 0 Å². The maximum absolute atomic E-state index is 13.5. The van der Waals surface area contributed by atoms with Crippen LogP contribution in [0.5, 0.6) is 11.5 Å². The van der Waals surface area contributed by atoms with Gasteiger partial charge in [0.15, 0.2) is 11.6 Å². The van der Waals surface area contributed by atoms with Crippen LogP contribution in [-0.2, 0) is 29.1 Å². The summed E-state index contributed by atoms with van der Waals surface area (Å²) in [6, 6.07) is 12.5. The smallest absolute Gasteiger partial charge is 0.407 e. The quantitative estimate of drug-likeness (QED) is 0.0358. The summed E-state index contributed by atoms with van der Waals surface area (Å²) in [5, 5.41) is 36.2. The number of hydrogen-bond donors (Lipinski definition) is 6. The summed E-state index contributed by atoms with van der Waals surface area (Å²) >= 11 is 0. The van der Waals surface area contributed by atoms with Gasteiger partial charge in [-0.3, -0.25) is 9.59 Å². The molecule has 2 aromatic carbocycles. The van der Waals surface area contributed by atoms with Gasteiger partial charge in [0.05, 0.1) is 0 Å². The molecule has 0 atom stereocenters. The third kappa shape index (κ3) is 21.1. The number of aliphatic hydroxyl groups is 2. The van der Waals surface area contributed by atoms with Crippen molar-refractivity contribution in [3.05, 3.63) is 91.1 Å². The number of ether oxygens (including phenoxy) is 4. The number of nitrogens with one attached hydrogen (secondary N) is 3. The molecule has 6 N–H and O–H groups in total. The van der Waals surface area contributed by atoms with E-state index in [2.05, 4.69) is 16.0 Å². The Labute approximate surface area is 401 Å². The molecular formula is C48H70N6O15. The number of benzene rings is 2. The summed E-state index contributed by atoms with van der Waals surface area (Å²) < 4.78 is 24.7. The number of unbranched alkanes of at least 4 members (excludes halogenated alkanes) is 9. The summed E-state index contributed by atoms with van der Waals surface area (Å²) in [5.74, 6) is 0.108. The van der Waals surface area contributed by atoms with Crippen molar-refractivity contribution in [3.8, 4) is 11.5 Å². The number of rotatable bonds is 33. The van der Waals surface area contributed by atoms with E-state index in [-0.39, 0.29) is 46.1 Å². The van der Waals surface area contributed by atoms with Crippen molar-refractivity contribution in [2.75, 3.05) is 46.1 Å².